The average molecular weight is 392 g/mol. The molecular formula is C19H19Cl2N3O2. The monoisotopic (exact) mass is 391 g/mol. The first kappa shape index (κ1) is 18.5. The zero-order valence-corrected chi connectivity index (χ0v) is 16.0. The predicted molar refractivity (Wildman–Crippen MR) is 103 cm³/mol. The molecule has 0 radical (unpaired) electrons. The lowest BCUT2D eigenvalue weighted by Crippen LogP contribution is -2.37. The number of likely N-dealkylation sites (N-methyl/N-ethyl adjacent to an activating group) is 1. The summed E-state index contributed by atoms with van der Waals surface area (Å²) < 4.78 is 7.60. The number of halogens is 2. The van der Waals surface area contributed by atoms with Gasteiger partial charge in [0.05, 0.1) is 22.1 Å². The van der Waals surface area contributed by atoms with Crippen molar-refractivity contribution in [1.82, 2.24) is 14.5 Å². The van der Waals surface area contributed by atoms with Crippen molar-refractivity contribution < 1.29 is 9.53 Å². The molecule has 0 bridgehead atoms. The van der Waals surface area contributed by atoms with E-state index in [4.69, 9.17) is 27.9 Å². The maximum atomic E-state index is 12.8. The number of carbonyl (C=O) groups excluding carboxylic acids is 1. The second-order valence-corrected chi connectivity index (χ2v) is 6.80. The summed E-state index contributed by atoms with van der Waals surface area (Å²) in [5.41, 5.74) is 1.40. The molecule has 3 aromatic rings. The molecule has 0 saturated carbocycles. The maximum absolute atomic E-state index is 12.8. The van der Waals surface area contributed by atoms with Gasteiger partial charge in [-0.3, -0.25) is 4.79 Å². The van der Waals surface area contributed by atoms with Gasteiger partial charge in [0.15, 0.2) is 0 Å². The number of aromatic nitrogens is 2. The Labute approximate surface area is 162 Å². The summed E-state index contributed by atoms with van der Waals surface area (Å²) in [6, 6.07) is 12.5. The average Bonchev–Trinajstić information content (AvgIpc) is 3.07. The summed E-state index contributed by atoms with van der Waals surface area (Å²) in [5, 5.41) is 5.16. The van der Waals surface area contributed by atoms with Crippen LogP contribution in [0.5, 0.6) is 5.75 Å². The second kappa shape index (κ2) is 7.98. The van der Waals surface area contributed by atoms with Gasteiger partial charge in [0.1, 0.15) is 17.5 Å². The van der Waals surface area contributed by atoms with E-state index in [1.54, 1.807) is 46.9 Å². The molecule has 0 aliphatic rings. The van der Waals surface area contributed by atoms with Gasteiger partial charge in [-0.1, -0.05) is 30.1 Å². The third-order valence-electron chi connectivity index (χ3n) is 4.11. The van der Waals surface area contributed by atoms with Gasteiger partial charge in [-0.2, -0.15) is 5.10 Å². The molecule has 136 valence electrons. The summed E-state index contributed by atoms with van der Waals surface area (Å²) in [5.74, 6) is 0.516. The van der Waals surface area contributed by atoms with Crippen LogP contribution in [-0.4, -0.2) is 40.1 Å². The van der Waals surface area contributed by atoms with E-state index in [0.717, 1.165) is 11.9 Å². The number of benzene rings is 1. The van der Waals surface area contributed by atoms with E-state index in [9.17, 15) is 4.79 Å². The number of carbonyl (C=O) groups is 1. The van der Waals surface area contributed by atoms with Crippen LogP contribution < -0.4 is 4.74 Å². The van der Waals surface area contributed by atoms with Gasteiger partial charge in [-0.25, -0.2) is 4.52 Å². The Hall–Kier alpha value is -2.24. The summed E-state index contributed by atoms with van der Waals surface area (Å²) in [6.07, 6.45) is 2.23. The van der Waals surface area contributed by atoms with Crippen molar-refractivity contribution in [3.05, 3.63) is 64.4 Å². The smallest absolute Gasteiger partial charge is 0.272 e. The lowest BCUT2D eigenvalue weighted by Gasteiger charge is -2.24. The quantitative estimate of drug-likeness (QED) is 0.618. The molecule has 0 spiro atoms. The maximum Gasteiger partial charge on any atom is 0.272 e. The SMILES string of the molecule is CCC(CN(C)C(=O)c1ccc2cccnn12)Oc1ccc(Cl)c(Cl)c1. The molecule has 0 fully saturated rings. The Bertz CT molecular complexity index is 926. The molecule has 2 heterocycles. The van der Waals surface area contributed by atoms with Crippen molar-refractivity contribution in [2.24, 2.45) is 0 Å². The van der Waals surface area contributed by atoms with Gasteiger partial charge < -0.3 is 9.64 Å². The van der Waals surface area contributed by atoms with Gasteiger partial charge in [0, 0.05) is 19.3 Å². The summed E-state index contributed by atoms with van der Waals surface area (Å²) in [7, 11) is 1.76. The zero-order valence-electron chi connectivity index (χ0n) is 14.5. The van der Waals surface area contributed by atoms with E-state index in [-0.39, 0.29) is 12.0 Å². The van der Waals surface area contributed by atoms with Crippen LogP contribution in [0.3, 0.4) is 0 Å². The largest absolute Gasteiger partial charge is 0.489 e. The number of amides is 1. The van der Waals surface area contributed by atoms with E-state index in [2.05, 4.69) is 5.10 Å². The highest BCUT2D eigenvalue weighted by molar-refractivity contribution is 6.42. The number of hydrogen-bond acceptors (Lipinski definition) is 3. The van der Waals surface area contributed by atoms with Crippen molar-refractivity contribution >= 4 is 34.6 Å². The minimum atomic E-state index is -0.166. The van der Waals surface area contributed by atoms with Gasteiger partial charge in [-0.15, -0.1) is 0 Å². The number of fused-ring (bicyclic) bond motifs is 1. The van der Waals surface area contributed by atoms with E-state index >= 15 is 0 Å². The van der Waals surface area contributed by atoms with Gasteiger partial charge in [0.25, 0.3) is 5.91 Å². The number of nitrogens with zero attached hydrogens (tertiary/aromatic N) is 3. The molecule has 0 N–H and O–H groups in total. The topological polar surface area (TPSA) is 46.8 Å². The lowest BCUT2D eigenvalue weighted by molar-refractivity contribution is 0.0701. The highest BCUT2D eigenvalue weighted by atomic mass is 35.5. The molecule has 5 nitrogen and oxygen atoms in total. The van der Waals surface area contributed by atoms with Crippen molar-refractivity contribution in [2.45, 2.75) is 19.4 Å². The third kappa shape index (κ3) is 3.94. The number of ether oxygens (including phenoxy) is 1. The van der Waals surface area contributed by atoms with Crippen LogP contribution >= 0.6 is 23.2 Å². The molecule has 0 aliphatic heterocycles. The molecule has 3 rings (SSSR count). The van der Waals surface area contributed by atoms with Crippen LogP contribution in [-0.2, 0) is 0 Å². The summed E-state index contributed by atoms with van der Waals surface area (Å²) in [6.45, 7) is 2.45. The molecule has 26 heavy (non-hydrogen) atoms. The highest BCUT2D eigenvalue weighted by Crippen LogP contribution is 2.27. The van der Waals surface area contributed by atoms with Crippen LogP contribution in [0.25, 0.3) is 5.52 Å². The van der Waals surface area contributed by atoms with Crippen LogP contribution in [0.2, 0.25) is 10.0 Å². The van der Waals surface area contributed by atoms with E-state index < -0.39 is 0 Å². The highest BCUT2D eigenvalue weighted by Gasteiger charge is 2.20. The third-order valence-corrected chi connectivity index (χ3v) is 4.85. The Balaban J connectivity index is 1.71. The fourth-order valence-corrected chi connectivity index (χ4v) is 2.97. The van der Waals surface area contributed by atoms with E-state index in [1.807, 2.05) is 25.1 Å². The van der Waals surface area contributed by atoms with Crippen molar-refractivity contribution in [3.8, 4) is 5.75 Å². The summed E-state index contributed by atoms with van der Waals surface area (Å²) in [4.78, 5) is 14.4. The first-order chi connectivity index (χ1) is 12.5. The van der Waals surface area contributed by atoms with Gasteiger partial charge >= 0.3 is 0 Å². The lowest BCUT2D eigenvalue weighted by atomic mass is 10.2. The Kier molecular flexibility index (Phi) is 5.69. The predicted octanol–water partition coefficient (Wildman–Crippen LogP) is 4.57. The van der Waals surface area contributed by atoms with Crippen molar-refractivity contribution in [3.63, 3.8) is 0 Å². The van der Waals surface area contributed by atoms with Gasteiger partial charge in [0.2, 0.25) is 0 Å². The van der Waals surface area contributed by atoms with E-state index in [0.29, 0.717) is 28.0 Å². The van der Waals surface area contributed by atoms with Crippen LogP contribution in [0.15, 0.2) is 48.7 Å². The fraction of sp³-hybridized carbons (Fsp3) is 0.263. The molecule has 1 atom stereocenters. The van der Waals surface area contributed by atoms with Crippen molar-refractivity contribution in [1.29, 1.82) is 0 Å². The normalized spacial score (nSPS) is 12.2. The molecule has 1 amide bonds. The number of hydrogen-bond donors (Lipinski definition) is 0. The minimum absolute atomic E-state index is 0.111. The van der Waals surface area contributed by atoms with Crippen molar-refractivity contribution in [2.75, 3.05) is 13.6 Å². The van der Waals surface area contributed by atoms with Crippen LogP contribution in [0.4, 0.5) is 0 Å². The second-order valence-electron chi connectivity index (χ2n) is 5.99. The molecule has 1 unspecified atom stereocenters. The van der Waals surface area contributed by atoms with Gasteiger partial charge in [-0.05, 0) is 42.8 Å². The van der Waals surface area contributed by atoms with Crippen LogP contribution in [0.1, 0.15) is 23.8 Å². The number of rotatable bonds is 6. The molecule has 0 aliphatic carbocycles. The zero-order chi connectivity index (χ0) is 18.7. The standard InChI is InChI=1S/C19H19Cl2N3O2/c1-3-14(26-15-7-8-16(20)17(21)11-15)12-23(2)19(25)18-9-6-13-5-4-10-22-24(13)18/h4-11,14H,3,12H2,1-2H3. The Morgan fingerprint density at radius 3 is 2.77 bits per heavy atom. The first-order valence-electron chi connectivity index (χ1n) is 8.29. The Morgan fingerprint density at radius 1 is 1.23 bits per heavy atom. The molecule has 0 saturated heterocycles. The molecule has 1 aromatic carbocycles. The molecule has 7 heteroatoms. The molecule has 2 aromatic heterocycles. The van der Waals surface area contributed by atoms with Crippen LogP contribution in [0, 0.1) is 0 Å². The summed E-state index contributed by atoms with van der Waals surface area (Å²) >= 11 is 12.0. The Morgan fingerprint density at radius 2 is 2.04 bits per heavy atom. The minimum Gasteiger partial charge on any atom is -0.489 e. The fourth-order valence-electron chi connectivity index (χ4n) is 2.68. The molecular weight excluding hydrogens is 373 g/mol. The van der Waals surface area contributed by atoms with E-state index in [1.165, 1.54) is 0 Å². The first-order valence-corrected chi connectivity index (χ1v) is 9.05.